The number of hydrogen-bond donors (Lipinski definition) is 1. The van der Waals surface area contributed by atoms with E-state index in [-0.39, 0.29) is 5.75 Å². The van der Waals surface area contributed by atoms with Gasteiger partial charge in [-0.2, -0.15) is 5.26 Å². The fourth-order valence-corrected chi connectivity index (χ4v) is 4.38. The molecule has 0 radical (unpaired) electrons. The second-order valence-corrected chi connectivity index (χ2v) is 7.60. The van der Waals surface area contributed by atoms with E-state index < -0.39 is 0 Å². The van der Waals surface area contributed by atoms with Crippen LogP contribution in [0.5, 0.6) is 5.75 Å². The molecule has 0 bridgehead atoms. The topological polar surface area (TPSA) is 56.4 Å². The summed E-state index contributed by atoms with van der Waals surface area (Å²) in [6, 6.07) is 7.51. The fraction of sp³-hybridized carbons (Fsp3) is 0.294. The number of thiophene rings is 1. The second kappa shape index (κ2) is 6.23. The lowest BCUT2D eigenvalue weighted by Gasteiger charge is -2.17. The predicted octanol–water partition coefficient (Wildman–Crippen LogP) is 4.96. The lowest BCUT2D eigenvalue weighted by Crippen LogP contribution is -2.09. The molecular weight excluding hydrogens is 360 g/mol. The minimum Gasteiger partial charge on any atom is -0.507 e. The van der Waals surface area contributed by atoms with Gasteiger partial charge in [0, 0.05) is 21.1 Å². The quantitative estimate of drug-likeness (QED) is 0.754. The van der Waals surface area contributed by atoms with Crippen LogP contribution in [0.3, 0.4) is 0 Å². The van der Waals surface area contributed by atoms with Crippen LogP contribution in [0.2, 0.25) is 0 Å². The molecule has 0 saturated carbocycles. The molecule has 1 aliphatic rings. The standard InChI is InChI=1S/C17H15BrN2OS/c1-10-2-4-13-14(8-19)17(22-16(13)6-10)20-9-11-7-12(18)3-5-15(11)21/h3,5,7,9-10,21H,2,4,6H2,1H3/t10-/m1/s1. The number of nitriles is 1. The molecule has 1 heterocycles. The first kappa shape index (κ1) is 15.3. The van der Waals surface area contributed by atoms with Gasteiger partial charge in [0.25, 0.3) is 0 Å². The first-order chi connectivity index (χ1) is 10.6. The highest BCUT2D eigenvalue weighted by molar-refractivity contribution is 9.10. The number of nitrogens with zero attached hydrogens (tertiary/aromatic N) is 2. The number of hydrogen-bond acceptors (Lipinski definition) is 4. The fourth-order valence-electron chi connectivity index (χ4n) is 2.70. The Hall–Kier alpha value is -1.64. The van der Waals surface area contributed by atoms with Crippen LogP contribution in [0.4, 0.5) is 5.00 Å². The summed E-state index contributed by atoms with van der Waals surface area (Å²) < 4.78 is 0.881. The smallest absolute Gasteiger partial charge is 0.134 e. The van der Waals surface area contributed by atoms with Crippen molar-refractivity contribution in [1.29, 1.82) is 5.26 Å². The van der Waals surface area contributed by atoms with Gasteiger partial charge in [-0.05, 0) is 48.9 Å². The zero-order valence-corrected chi connectivity index (χ0v) is 14.5. The Morgan fingerprint density at radius 3 is 3.09 bits per heavy atom. The predicted molar refractivity (Wildman–Crippen MR) is 93.3 cm³/mol. The van der Waals surface area contributed by atoms with Gasteiger partial charge in [-0.3, -0.25) is 0 Å². The van der Waals surface area contributed by atoms with Crippen LogP contribution >= 0.6 is 27.3 Å². The molecule has 0 fully saturated rings. The van der Waals surface area contributed by atoms with Crippen LogP contribution in [0.1, 0.15) is 34.9 Å². The molecule has 3 rings (SSSR count). The molecule has 22 heavy (non-hydrogen) atoms. The van der Waals surface area contributed by atoms with Gasteiger partial charge in [0.15, 0.2) is 0 Å². The van der Waals surface area contributed by atoms with E-state index in [1.165, 1.54) is 10.4 Å². The van der Waals surface area contributed by atoms with Crippen LogP contribution < -0.4 is 0 Å². The highest BCUT2D eigenvalue weighted by Gasteiger charge is 2.23. The molecule has 112 valence electrons. The maximum absolute atomic E-state index is 9.86. The number of phenols is 1. The lowest BCUT2D eigenvalue weighted by molar-refractivity contribution is 0.474. The number of fused-ring (bicyclic) bond motifs is 1. The summed E-state index contributed by atoms with van der Waals surface area (Å²) in [5.74, 6) is 0.851. The van der Waals surface area contributed by atoms with Gasteiger partial charge in [0.1, 0.15) is 16.8 Å². The normalized spacial score (nSPS) is 17.4. The Kier molecular flexibility index (Phi) is 4.32. The maximum Gasteiger partial charge on any atom is 0.134 e. The molecule has 0 saturated heterocycles. The largest absolute Gasteiger partial charge is 0.507 e. The first-order valence-corrected chi connectivity index (χ1v) is 8.76. The van der Waals surface area contributed by atoms with Gasteiger partial charge in [-0.15, -0.1) is 11.3 Å². The van der Waals surface area contributed by atoms with Crippen molar-refractivity contribution in [3.05, 3.63) is 44.2 Å². The van der Waals surface area contributed by atoms with Gasteiger partial charge in [-0.1, -0.05) is 22.9 Å². The first-order valence-electron chi connectivity index (χ1n) is 7.15. The summed E-state index contributed by atoms with van der Waals surface area (Å²) in [5, 5.41) is 20.1. The van der Waals surface area contributed by atoms with Crippen molar-refractivity contribution in [2.45, 2.75) is 26.2 Å². The monoisotopic (exact) mass is 374 g/mol. The van der Waals surface area contributed by atoms with E-state index in [2.05, 4.69) is 33.9 Å². The van der Waals surface area contributed by atoms with E-state index in [0.29, 0.717) is 17.0 Å². The van der Waals surface area contributed by atoms with Crippen molar-refractivity contribution in [3.63, 3.8) is 0 Å². The number of aromatic hydroxyl groups is 1. The molecule has 2 aromatic rings. The van der Waals surface area contributed by atoms with Crippen molar-refractivity contribution in [1.82, 2.24) is 0 Å². The van der Waals surface area contributed by atoms with E-state index in [1.54, 1.807) is 35.8 Å². The molecule has 1 aromatic carbocycles. The second-order valence-electron chi connectivity index (χ2n) is 5.61. The van der Waals surface area contributed by atoms with Crippen LogP contribution in [0.25, 0.3) is 0 Å². The Balaban J connectivity index is 1.97. The lowest BCUT2D eigenvalue weighted by atomic mass is 9.89. The van der Waals surface area contributed by atoms with Gasteiger partial charge < -0.3 is 5.11 Å². The summed E-state index contributed by atoms with van der Waals surface area (Å²) in [7, 11) is 0. The molecule has 0 unspecified atom stereocenters. The summed E-state index contributed by atoms with van der Waals surface area (Å²) in [6.45, 7) is 2.25. The zero-order chi connectivity index (χ0) is 15.7. The van der Waals surface area contributed by atoms with Crippen molar-refractivity contribution < 1.29 is 5.11 Å². The molecule has 3 nitrogen and oxygen atoms in total. The maximum atomic E-state index is 9.86. The van der Waals surface area contributed by atoms with E-state index in [0.717, 1.165) is 28.7 Å². The molecule has 1 N–H and O–H groups in total. The van der Waals surface area contributed by atoms with E-state index in [9.17, 15) is 10.4 Å². The molecule has 0 aliphatic heterocycles. The third kappa shape index (κ3) is 2.94. The third-order valence-corrected chi connectivity index (χ3v) is 5.57. The Morgan fingerprint density at radius 2 is 2.32 bits per heavy atom. The van der Waals surface area contributed by atoms with Crippen molar-refractivity contribution in [2.75, 3.05) is 0 Å². The Bertz CT molecular complexity index is 789. The third-order valence-electron chi connectivity index (χ3n) is 3.92. The molecule has 5 heteroatoms. The molecule has 0 spiro atoms. The van der Waals surface area contributed by atoms with Gasteiger partial charge in [0.2, 0.25) is 0 Å². The van der Waals surface area contributed by atoms with Crippen molar-refractivity contribution >= 4 is 38.5 Å². The number of halogens is 1. The number of rotatable bonds is 2. The Labute approximate surface area is 142 Å². The van der Waals surface area contributed by atoms with Crippen LogP contribution in [0, 0.1) is 17.2 Å². The molecule has 1 aromatic heterocycles. The van der Waals surface area contributed by atoms with Crippen LogP contribution in [-0.4, -0.2) is 11.3 Å². The SMILES string of the molecule is C[C@@H]1CCc2c(sc(N=Cc3cc(Br)ccc3O)c2C#N)C1. The zero-order valence-electron chi connectivity index (χ0n) is 12.1. The summed E-state index contributed by atoms with van der Waals surface area (Å²) in [4.78, 5) is 5.76. The Morgan fingerprint density at radius 1 is 1.50 bits per heavy atom. The highest BCUT2D eigenvalue weighted by atomic mass is 79.9. The summed E-state index contributed by atoms with van der Waals surface area (Å²) >= 11 is 4.99. The number of aliphatic imine (C=N–C) groups is 1. The average Bonchev–Trinajstić information content (AvgIpc) is 2.84. The molecule has 0 amide bonds. The summed E-state index contributed by atoms with van der Waals surface area (Å²) in [5.41, 5.74) is 2.52. The van der Waals surface area contributed by atoms with Crippen LogP contribution in [-0.2, 0) is 12.8 Å². The molecule has 1 atom stereocenters. The van der Waals surface area contributed by atoms with E-state index in [4.69, 9.17) is 0 Å². The molecular formula is C17H15BrN2OS. The highest BCUT2D eigenvalue weighted by Crippen LogP contribution is 2.40. The van der Waals surface area contributed by atoms with E-state index >= 15 is 0 Å². The van der Waals surface area contributed by atoms with Crippen molar-refractivity contribution in [2.24, 2.45) is 10.9 Å². The average molecular weight is 375 g/mol. The van der Waals surface area contributed by atoms with Crippen LogP contribution in [0.15, 0.2) is 27.7 Å². The summed E-state index contributed by atoms with van der Waals surface area (Å²) in [6.07, 6.45) is 4.76. The number of phenolic OH excluding ortho intramolecular Hbond substituents is 1. The number of benzene rings is 1. The van der Waals surface area contributed by atoms with Crippen molar-refractivity contribution in [3.8, 4) is 11.8 Å². The minimum atomic E-state index is 0.181. The molecule has 1 aliphatic carbocycles. The van der Waals surface area contributed by atoms with Gasteiger partial charge >= 0.3 is 0 Å². The van der Waals surface area contributed by atoms with Gasteiger partial charge in [0.05, 0.1) is 5.56 Å². The van der Waals surface area contributed by atoms with Gasteiger partial charge in [-0.25, -0.2) is 4.99 Å². The van der Waals surface area contributed by atoms with E-state index in [1.807, 2.05) is 0 Å². The minimum absolute atomic E-state index is 0.181.